The fourth-order valence-corrected chi connectivity index (χ4v) is 1.32. The second-order valence-corrected chi connectivity index (χ2v) is 3.19. The predicted octanol–water partition coefficient (Wildman–Crippen LogP) is 2.33. The number of aromatic nitrogens is 2. The molecule has 0 unspecified atom stereocenters. The largest absolute Gasteiger partial charge is 0.508 e. The average molecular weight is 228 g/mol. The van der Waals surface area contributed by atoms with Gasteiger partial charge in [0.25, 0.3) is 0 Å². The number of hydrogen-bond donors (Lipinski definition) is 1. The van der Waals surface area contributed by atoms with Crippen LogP contribution in [0.2, 0.25) is 0 Å². The Balaban J connectivity index is 2.51. The number of alkyl halides is 2. The Morgan fingerprint density at radius 1 is 1.25 bits per heavy atom. The van der Waals surface area contributed by atoms with Crippen molar-refractivity contribution in [3.8, 4) is 5.75 Å². The zero-order chi connectivity index (χ0) is 11.8. The normalized spacial score (nSPS) is 11.7. The van der Waals surface area contributed by atoms with Gasteiger partial charge in [-0.15, -0.1) is 0 Å². The van der Waals surface area contributed by atoms with Gasteiger partial charge in [-0.25, -0.2) is 9.07 Å². The minimum absolute atomic E-state index is 0.390. The summed E-state index contributed by atoms with van der Waals surface area (Å²) in [5, 5.41) is 12.4. The van der Waals surface area contributed by atoms with Crippen LogP contribution in [0.3, 0.4) is 0 Å². The van der Waals surface area contributed by atoms with E-state index >= 15 is 0 Å². The van der Waals surface area contributed by atoms with Gasteiger partial charge < -0.3 is 5.11 Å². The topological polar surface area (TPSA) is 38.0 Å². The molecular formula is C10H7F3N2O. The van der Waals surface area contributed by atoms with Gasteiger partial charge in [0.2, 0.25) is 0 Å². The van der Waals surface area contributed by atoms with Crippen LogP contribution in [0.25, 0.3) is 0 Å². The summed E-state index contributed by atoms with van der Waals surface area (Å²) in [6, 6.07) is 0.0327. The maximum atomic E-state index is 13.7. The van der Waals surface area contributed by atoms with Gasteiger partial charge >= 0.3 is 6.05 Å². The summed E-state index contributed by atoms with van der Waals surface area (Å²) in [5.74, 6) is -1.48. The van der Waals surface area contributed by atoms with Gasteiger partial charge in [0.15, 0.2) is 0 Å². The molecule has 1 aromatic carbocycles. The lowest BCUT2D eigenvalue weighted by atomic mass is 10.1. The van der Waals surface area contributed by atoms with Crippen LogP contribution >= 0.6 is 0 Å². The first kappa shape index (κ1) is 10.5. The molecule has 1 heterocycles. The van der Waals surface area contributed by atoms with Gasteiger partial charge in [0.1, 0.15) is 11.6 Å². The molecule has 84 valence electrons. The van der Waals surface area contributed by atoms with E-state index in [2.05, 4.69) is 5.10 Å². The van der Waals surface area contributed by atoms with Crippen molar-refractivity contribution >= 4 is 0 Å². The molecule has 1 N–H and O–H groups in total. The lowest BCUT2D eigenvalue weighted by molar-refractivity contribution is -0.0486. The van der Waals surface area contributed by atoms with E-state index in [9.17, 15) is 13.2 Å². The first-order chi connectivity index (χ1) is 7.50. The number of hydrogen-bond acceptors (Lipinski definition) is 2. The van der Waals surface area contributed by atoms with Crippen molar-refractivity contribution in [1.82, 2.24) is 9.78 Å². The molecule has 1 aromatic heterocycles. The van der Waals surface area contributed by atoms with Crippen molar-refractivity contribution in [3.63, 3.8) is 0 Å². The van der Waals surface area contributed by atoms with Crippen LogP contribution in [-0.4, -0.2) is 14.9 Å². The van der Waals surface area contributed by atoms with Crippen LogP contribution in [0.4, 0.5) is 13.2 Å². The first-order valence-corrected chi connectivity index (χ1v) is 4.38. The molecule has 0 saturated carbocycles. The molecule has 0 bridgehead atoms. The Morgan fingerprint density at radius 3 is 2.56 bits per heavy atom. The summed E-state index contributed by atoms with van der Waals surface area (Å²) >= 11 is 0. The van der Waals surface area contributed by atoms with Crippen LogP contribution in [-0.2, 0) is 6.05 Å². The van der Waals surface area contributed by atoms with E-state index in [0.29, 0.717) is 10.7 Å². The predicted molar refractivity (Wildman–Crippen MR) is 49.6 cm³/mol. The lowest BCUT2D eigenvalue weighted by Crippen LogP contribution is -2.25. The molecule has 0 atom stereocenters. The van der Waals surface area contributed by atoms with E-state index in [1.807, 2.05) is 0 Å². The molecule has 0 radical (unpaired) electrons. The minimum atomic E-state index is -3.50. The van der Waals surface area contributed by atoms with Gasteiger partial charge in [-0.1, -0.05) is 0 Å². The summed E-state index contributed by atoms with van der Waals surface area (Å²) in [6.45, 7) is 0. The maximum Gasteiger partial charge on any atom is 0.370 e. The lowest BCUT2D eigenvalue weighted by Gasteiger charge is -2.17. The Kier molecular flexibility index (Phi) is 2.34. The summed E-state index contributed by atoms with van der Waals surface area (Å²) < 4.78 is 40.7. The van der Waals surface area contributed by atoms with Crippen molar-refractivity contribution in [2.24, 2.45) is 0 Å². The zero-order valence-corrected chi connectivity index (χ0v) is 7.94. The Labute approximate surface area is 88.8 Å². The monoisotopic (exact) mass is 228 g/mol. The van der Waals surface area contributed by atoms with Crippen LogP contribution in [0, 0.1) is 5.82 Å². The number of phenols is 1. The maximum absolute atomic E-state index is 13.7. The highest BCUT2D eigenvalue weighted by molar-refractivity contribution is 5.31. The van der Waals surface area contributed by atoms with Crippen molar-refractivity contribution < 1.29 is 18.3 Å². The van der Waals surface area contributed by atoms with E-state index in [4.69, 9.17) is 5.11 Å². The average Bonchev–Trinajstić information content (AvgIpc) is 2.69. The molecule has 3 nitrogen and oxygen atoms in total. The van der Waals surface area contributed by atoms with Gasteiger partial charge in [0, 0.05) is 18.5 Å². The van der Waals surface area contributed by atoms with Gasteiger partial charge in [-0.05, 0) is 18.2 Å². The molecule has 0 aliphatic rings. The number of phenolic OH excluding ortho intramolecular Hbond substituents is 1. The van der Waals surface area contributed by atoms with Crippen LogP contribution in [0.15, 0.2) is 36.7 Å². The molecule has 0 saturated heterocycles. The number of rotatable bonds is 2. The fourth-order valence-electron chi connectivity index (χ4n) is 1.32. The van der Waals surface area contributed by atoms with Crippen molar-refractivity contribution in [3.05, 3.63) is 48.0 Å². The highest BCUT2D eigenvalue weighted by atomic mass is 19.3. The first-order valence-electron chi connectivity index (χ1n) is 4.38. The molecule has 0 fully saturated rings. The van der Waals surface area contributed by atoms with Crippen LogP contribution in [0.5, 0.6) is 5.75 Å². The van der Waals surface area contributed by atoms with E-state index < -0.39 is 23.2 Å². The standard InChI is InChI=1S/C10H7F3N2O/c11-8-4-7(5-9(16)6-8)10(12,13)15-3-1-2-14-15/h1-6,16H. The second-order valence-electron chi connectivity index (χ2n) is 3.19. The second kappa shape index (κ2) is 3.55. The summed E-state index contributed by atoms with van der Waals surface area (Å²) in [4.78, 5) is 0. The summed E-state index contributed by atoms with van der Waals surface area (Å²) in [6.07, 6.45) is 2.25. The van der Waals surface area contributed by atoms with Crippen LogP contribution in [0.1, 0.15) is 5.56 Å². The highest BCUT2D eigenvalue weighted by Gasteiger charge is 2.35. The molecule has 2 rings (SSSR count). The smallest absolute Gasteiger partial charge is 0.370 e. The molecule has 0 spiro atoms. The Hall–Kier alpha value is -1.98. The third kappa shape index (κ3) is 1.73. The molecule has 0 aliphatic carbocycles. The van der Waals surface area contributed by atoms with Crippen LogP contribution < -0.4 is 0 Å². The third-order valence-electron chi connectivity index (χ3n) is 2.02. The summed E-state index contributed by atoms with van der Waals surface area (Å²) in [5.41, 5.74) is -0.659. The quantitative estimate of drug-likeness (QED) is 0.856. The van der Waals surface area contributed by atoms with Crippen molar-refractivity contribution in [2.45, 2.75) is 6.05 Å². The fraction of sp³-hybridized carbons (Fsp3) is 0.100. The van der Waals surface area contributed by atoms with E-state index in [1.54, 1.807) is 0 Å². The Morgan fingerprint density at radius 2 is 2.00 bits per heavy atom. The molecule has 0 aliphatic heterocycles. The third-order valence-corrected chi connectivity index (χ3v) is 2.02. The number of aromatic hydroxyl groups is 1. The zero-order valence-electron chi connectivity index (χ0n) is 7.94. The van der Waals surface area contributed by atoms with E-state index in [-0.39, 0.29) is 0 Å². The van der Waals surface area contributed by atoms with E-state index in [1.165, 1.54) is 12.3 Å². The van der Waals surface area contributed by atoms with E-state index in [0.717, 1.165) is 18.3 Å². The number of halogens is 3. The minimum Gasteiger partial charge on any atom is -0.508 e. The molecule has 6 heteroatoms. The molecule has 2 aromatic rings. The SMILES string of the molecule is Oc1cc(F)cc(C(F)(F)n2cccn2)c1. The van der Waals surface area contributed by atoms with Crippen molar-refractivity contribution in [2.75, 3.05) is 0 Å². The Bertz CT molecular complexity index is 477. The molecule has 0 amide bonds. The number of nitrogens with zero attached hydrogens (tertiary/aromatic N) is 2. The molecule has 16 heavy (non-hydrogen) atoms. The van der Waals surface area contributed by atoms with Gasteiger partial charge in [-0.3, -0.25) is 0 Å². The summed E-state index contributed by atoms with van der Waals surface area (Å²) in [7, 11) is 0. The highest BCUT2D eigenvalue weighted by Crippen LogP contribution is 2.31. The van der Waals surface area contributed by atoms with Gasteiger partial charge in [-0.2, -0.15) is 13.9 Å². The molecular weight excluding hydrogens is 221 g/mol. The number of benzene rings is 1. The van der Waals surface area contributed by atoms with Crippen molar-refractivity contribution in [1.29, 1.82) is 0 Å². The van der Waals surface area contributed by atoms with Gasteiger partial charge in [0.05, 0.1) is 5.56 Å².